The van der Waals surface area contributed by atoms with Crippen LogP contribution in [0.15, 0.2) is 48.5 Å². The Bertz CT molecular complexity index is 759. The van der Waals surface area contributed by atoms with E-state index in [0.29, 0.717) is 26.0 Å². The third kappa shape index (κ3) is 4.91. The van der Waals surface area contributed by atoms with E-state index in [2.05, 4.69) is 10.1 Å². The minimum atomic E-state index is -4.70. The summed E-state index contributed by atoms with van der Waals surface area (Å²) in [7, 11) is 0. The molecule has 0 bridgehead atoms. The van der Waals surface area contributed by atoms with E-state index >= 15 is 0 Å². The molecule has 26 heavy (non-hydrogen) atoms. The summed E-state index contributed by atoms with van der Waals surface area (Å²) in [6, 6.07) is 13.3. The number of benzene rings is 2. The Labute approximate surface area is 148 Å². The summed E-state index contributed by atoms with van der Waals surface area (Å²) in [5.41, 5.74) is 1.82. The van der Waals surface area contributed by atoms with Crippen LogP contribution in [0.4, 0.5) is 13.2 Å². The van der Waals surface area contributed by atoms with Crippen LogP contribution < -0.4 is 14.8 Å². The summed E-state index contributed by atoms with van der Waals surface area (Å²) in [6.45, 7) is 0.739. The number of halogens is 3. The van der Waals surface area contributed by atoms with E-state index in [1.165, 1.54) is 12.1 Å². The Kier molecular flexibility index (Phi) is 5.35. The van der Waals surface area contributed by atoms with Crippen LogP contribution >= 0.6 is 0 Å². The lowest BCUT2D eigenvalue weighted by Gasteiger charge is -2.24. The van der Waals surface area contributed by atoms with E-state index in [9.17, 15) is 18.0 Å². The molecule has 0 radical (unpaired) electrons. The lowest BCUT2D eigenvalue weighted by Crippen LogP contribution is -2.38. The molecule has 7 heteroatoms. The summed E-state index contributed by atoms with van der Waals surface area (Å²) in [4.78, 5) is 12.3. The molecule has 0 saturated heterocycles. The van der Waals surface area contributed by atoms with Crippen LogP contribution in [0.2, 0.25) is 0 Å². The second-order valence-electron chi connectivity index (χ2n) is 6.05. The fourth-order valence-electron chi connectivity index (χ4n) is 2.83. The number of carbonyl (C=O) groups is 1. The number of fused-ring (bicyclic) bond motifs is 1. The van der Waals surface area contributed by atoms with Gasteiger partial charge < -0.3 is 14.8 Å². The molecule has 1 heterocycles. The predicted octanol–water partition coefficient (Wildman–Crippen LogP) is 3.50. The zero-order valence-corrected chi connectivity index (χ0v) is 13.9. The van der Waals surface area contributed by atoms with Crippen molar-refractivity contribution in [3.05, 3.63) is 59.7 Å². The normalized spacial score (nSPS) is 16.3. The van der Waals surface area contributed by atoms with Crippen molar-refractivity contribution in [3.63, 3.8) is 0 Å². The SMILES string of the molecule is O=C(NCCc1ccc(OC(F)(F)F)cc1)C1COc2ccccc2C1. The average Bonchev–Trinajstić information content (AvgIpc) is 2.61. The van der Waals surface area contributed by atoms with Gasteiger partial charge in [-0.25, -0.2) is 0 Å². The highest BCUT2D eigenvalue weighted by atomic mass is 19.4. The monoisotopic (exact) mass is 365 g/mol. The molecule has 1 aliphatic rings. The van der Waals surface area contributed by atoms with E-state index in [1.807, 2.05) is 24.3 Å². The topological polar surface area (TPSA) is 47.6 Å². The lowest BCUT2D eigenvalue weighted by molar-refractivity contribution is -0.274. The van der Waals surface area contributed by atoms with Gasteiger partial charge in [0.05, 0.1) is 5.92 Å². The van der Waals surface area contributed by atoms with Crippen LogP contribution in [0.5, 0.6) is 11.5 Å². The van der Waals surface area contributed by atoms with Gasteiger partial charge in [-0.2, -0.15) is 0 Å². The van der Waals surface area contributed by atoms with Crippen molar-refractivity contribution in [2.45, 2.75) is 19.2 Å². The third-order valence-electron chi connectivity index (χ3n) is 4.12. The molecule has 1 atom stereocenters. The molecule has 1 unspecified atom stereocenters. The number of rotatable bonds is 5. The maximum absolute atomic E-state index is 12.3. The molecule has 3 rings (SSSR count). The van der Waals surface area contributed by atoms with Crippen molar-refractivity contribution >= 4 is 5.91 Å². The van der Waals surface area contributed by atoms with Gasteiger partial charge in [-0.15, -0.1) is 13.2 Å². The van der Waals surface area contributed by atoms with Crippen molar-refractivity contribution in [1.82, 2.24) is 5.32 Å². The molecular formula is C19H18F3NO3. The number of ether oxygens (including phenoxy) is 2. The van der Waals surface area contributed by atoms with Crippen molar-refractivity contribution in [1.29, 1.82) is 0 Å². The highest BCUT2D eigenvalue weighted by Gasteiger charge is 2.31. The van der Waals surface area contributed by atoms with E-state index in [4.69, 9.17) is 4.74 Å². The van der Waals surface area contributed by atoms with Crippen LogP contribution in [-0.2, 0) is 17.6 Å². The van der Waals surface area contributed by atoms with Gasteiger partial charge in [-0.05, 0) is 42.2 Å². The standard InChI is InChI=1S/C19H18F3NO3/c20-19(21,22)26-16-7-5-13(6-8-16)9-10-23-18(24)15-11-14-3-1-2-4-17(14)25-12-15/h1-8,15H,9-12H2,(H,23,24). The number of nitrogens with one attached hydrogen (secondary N) is 1. The summed E-state index contributed by atoms with van der Waals surface area (Å²) in [6.07, 6.45) is -3.55. The van der Waals surface area contributed by atoms with Gasteiger partial charge in [0.1, 0.15) is 18.1 Å². The molecule has 0 aromatic heterocycles. The molecule has 1 aliphatic heterocycles. The fraction of sp³-hybridized carbons (Fsp3) is 0.316. The third-order valence-corrected chi connectivity index (χ3v) is 4.12. The summed E-state index contributed by atoms with van der Waals surface area (Å²) in [5.74, 6) is 0.227. The zero-order chi connectivity index (χ0) is 18.6. The van der Waals surface area contributed by atoms with Gasteiger partial charge in [0.15, 0.2) is 0 Å². The maximum atomic E-state index is 12.3. The van der Waals surface area contributed by atoms with E-state index in [-0.39, 0.29) is 17.6 Å². The van der Waals surface area contributed by atoms with Crippen molar-refractivity contribution in [2.24, 2.45) is 5.92 Å². The highest BCUT2D eigenvalue weighted by molar-refractivity contribution is 5.79. The maximum Gasteiger partial charge on any atom is 0.573 e. The van der Waals surface area contributed by atoms with Gasteiger partial charge in [-0.3, -0.25) is 4.79 Å². The van der Waals surface area contributed by atoms with Crippen LogP contribution in [0.25, 0.3) is 0 Å². The zero-order valence-electron chi connectivity index (χ0n) is 13.9. The first kappa shape index (κ1) is 18.1. The van der Waals surface area contributed by atoms with Crippen molar-refractivity contribution in [2.75, 3.05) is 13.2 Å². The number of hydrogen-bond donors (Lipinski definition) is 1. The first-order chi connectivity index (χ1) is 12.4. The number of alkyl halides is 3. The highest BCUT2D eigenvalue weighted by Crippen LogP contribution is 2.27. The lowest BCUT2D eigenvalue weighted by atomic mass is 9.96. The van der Waals surface area contributed by atoms with Crippen molar-refractivity contribution < 1.29 is 27.4 Å². The van der Waals surface area contributed by atoms with Gasteiger partial charge in [-0.1, -0.05) is 30.3 Å². The molecule has 2 aromatic carbocycles. The Morgan fingerprint density at radius 2 is 1.88 bits per heavy atom. The second-order valence-corrected chi connectivity index (χ2v) is 6.05. The molecular weight excluding hydrogens is 347 g/mol. The number of hydrogen-bond acceptors (Lipinski definition) is 3. The Balaban J connectivity index is 1.45. The van der Waals surface area contributed by atoms with E-state index < -0.39 is 6.36 Å². The van der Waals surface area contributed by atoms with Gasteiger partial charge in [0, 0.05) is 6.54 Å². The molecule has 4 nitrogen and oxygen atoms in total. The number of carbonyl (C=O) groups excluding carboxylic acids is 1. The summed E-state index contributed by atoms with van der Waals surface area (Å²) >= 11 is 0. The van der Waals surface area contributed by atoms with Crippen LogP contribution in [0.3, 0.4) is 0 Å². The van der Waals surface area contributed by atoms with E-state index in [0.717, 1.165) is 16.9 Å². The average molecular weight is 365 g/mol. The largest absolute Gasteiger partial charge is 0.573 e. The summed E-state index contributed by atoms with van der Waals surface area (Å²) in [5, 5.41) is 2.85. The Hall–Kier alpha value is -2.70. The first-order valence-electron chi connectivity index (χ1n) is 8.24. The van der Waals surface area contributed by atoms with E-state index in [1.54, 1.807) is 12.1 Å². The van der Waals surface area contributed by atoms with Crippen LogP contribution in [-0.4, -0.2) is 25.4 Å². The van der Waals surface area contributed by atoms with Crippen molar-refractivity contribution in [3.8, 4) is 11.5 Å². The molecule has 0 saturated carbocycles. The molecule has 138 valence electrons. The second kappa shape index (κ2) is 7.68. The molecule has 0 fully saturated rings. The number of para-hydroxylation sites is 1. The quantitative estimate of drug-likeness (QED) is 0.882. The van der Waals surface area contributed by atoms with Gasteiger partial charge >= 0.3 is 6.36 Å². The fourth-order valence-corrected chi connectivity index (χ4v) is 2.83. The molecule has 1 amide bonds. The predicted molar refractivity (Wildman–Crippen MR) is 89.0 cm³/mol. The molecule has 2 aromatic rings. The summed E-state index contributed by atoms with van der Waals surface area (Å²) < 4.78 is 45.8. The Morgan fingerprint density at radius 1 is 1.15 bits per heavy atom. The molecule has 1 N–H and O–H groups in total. The first-order valence-corrected chi connectivity index (χ1v) is 8.24. The van der Waals surface area contributed by atoms with Gasteiger partial charge in [0.2, 0.25) is 5.91 Å². The van der Waals surface area contributed by atoms with Gasteiger partial charge in [0.25, 0.3) is 0 Å². The van der Waals surface area contributed by atoms with Crippen LogP contribution in [0, 0.1) is 5.92 Å². The smallest absolute Gasteiger partial charge is 0.492 e. The minimum Gasteiger partial charge on any atom is -0.492 e. The molecule has 0 aliphatic carbocycles. The van der Waals surface area contributed by atoms with Crippen LogP contribution in [0.1, 0.15) is 11.1 Å². The number of amides is 1. The Morgan fingerprint density at radius 3 is 2.62 bits per heavy atom. The minimum absolute atomic E-state index is 0.0865. The molecule has 0 spiro atoms.